The minimum atomic E-state index is -1.02. The minimum Gasteiger partial charge on any atom is -0.462 e. The molecule has 0 fully saturated rings. The van der Waals surface area contributed by atoms with Crippen molar-refractivity contribution >= 4 is 23.9 Å². The Labute approximate surface area is 220 Å². The van der Waals surface area contributed by atoms with E-state index in [1.807, 2.05) is 13.8 Å². The zero-order valence-corrected chi connectivity index (χ0v) is 23.6. The lowest BCUT2D eigenvalue weighted by molar-refractivity contribution is -0.159. The molecular weight excluding hydrogens is 478 g/mol. The average Bonchev–Trinajstić information content (AvgIpc) is 2.76. The van der Waals surface area contributed by atoms with E-state index in [0.717, 1.165) is 6.42 Å². The molecule has 0 saturated carbocycles. The molecule has 1 aromatic rings. The molecule has 0 unspecified atom stereocenters. The summed E-state index contributed by atoms with van der Waals surface area (Å²) in [5, 5.41) is 0. The highest BCUT2D eigenvalue weighted by atomic mass is 16.6. The van der Waals surface area contributed by atoms with Crippen LogP contribution in [-0.4, -0.2) is 42.6 Å². The zero-order valence-electron chi connectivity index (χ0n) is 23.6. The molecule has 0 aliphatic rings. The Bertz CT molecular complexity index is 956. The molecule has 9 nitrogen and oxygen atoms in total. The first kappa shape index (κ1) is 32.1. The number of esters is 4. The summed E-state index contributed by atoms with van der Waals surface area (Å²) < 4.78 is 21.5. The Hall–Kier alpha value is -2.94. The molecule has 9 heteroatoms. The standard InChI is InChI=1S/C28H43NO8/c1-17(2)10-13-23(30)34-16-18(3)35-24(31)20(29)14-19-11-12-21(36-25(32)27(4,5)6)22(15-19)37-26(33)28(7,8)9/h11-12,15,17-18,20H,10,13-14,16,29H2,1-9H3/t18-,20-/m0/s1. The predicted molar refractivity (Wildman–Crippen MR) is 139 cm³/mol. The van der Waals surface area contributed by atoms with Crippen LogP contribution in [0.3, 0.4) is 0 Å². The van der Waals surface area contributed by atoms with Gasteiger partial charge in [-0.25, -0.2) is 0 Å². The maximum Gasteiger partial charge on any atom is 0.323 e. The number of carbonyl (C=O) groups is 4. The van der Waals surface area contributed by atoms with Crippen LogP contribution in [0.2, 0.25) is 0 Å². The average molecular weight is 522 g/mol. The third-order valence-electron chi connectivity index (χ3n) is 5.12. The smallest absolute Gasteiger partial charge is 0.323 e. The number of benzene rings is 1. The van der Waals surface area contributed by atoms with E-state index < -0.39 is 40.9 Å². The molecule has 0 aliphatic carbocycles. The quantitative estimate of drug-likeness (QED) is 0.333. The van der Waals surface area contributed by atoms with E-state index in [-0.39, 0.29) is 30.5 Å². The highest BCUT2D eigenvalue weighted by Crippen LogP contribution is 2.33. The van der Waals surface area contributed by atoms with Crippen LogP contribution in [0.25, 0.3) is 0 Å². The molecule has 2 N–H and O–H groups in total. The summed E-state index contributed by atoms with van der Waals surface area (Å²) >= 11 is 0. The number of rotatable bonds is 11. The Morgan fingerprint density at radius 3 is 1.92 bits per heavy atom. The van der Waals surface area contributed by atoms with E-state index in [2.05, 4.69) is 0 Å². The van der Waals surface area contributed by atoms with Gasteiger partial charge < -0.3 is 24.7 Å². The second-order valence-corrected chi connectivity index (χ2v) is 11.7. The number of hydrogen-bond acceptors (Lipinski definition) is 9. The summed E-state index contributed by atoms with van der Waals surface area (Å²) in [5.41, 5.74) is 5.07. The zero-order chi connectivity index (χ0) is 28.6. The molecule has 2 atom stereocenters. The molecule has 1 aromatic carbocycles. The third-order valence-corrected chi connectivity index (χ3v) is 5.12. The highest BCUT2D eigenvalue weighted by molar-refractivity contribution is 5.81. The monoisotopic (exact) mass is 521 g/mol. The van der Waals surface area contributed by atoms with Crippen LogP contribution in [0.4, 0.5) is 0 Å². The lowest BCUT2D eigenvalue weighted by Gasteiger charge is -2.21. The minimum absolute atomic E-state index is 0.0530. The van der Waals surface area contributed by atoms with Gasteiger partial charge in [-0.3, -0.25) is 19.2 Å². The summed E-state index contributed by atoms with van der Waals surface area (Å²) in [6, 6.07) is 3.63. The lowest BCUT2D eigenvalue weighted by atomic mass is 9.97. The molecular formula is C28H43NO8. The molecule has 0 radical (unpaired) electrons. The van der Waals surface area contributed by atoms with Crippen LogP contribution in [0.1, 0.15) is 80.7 Å². The maximum absolute atomic E-state index is 12.5. The molecule has 0 bridgehead atoms. The fraction of sp³-hybridized carbons (Fsp3) is 0.643. The third kappa shape index (κ3) is 11.8. The number of hydrogen-bond donors (Lipinski definition) is 1. The van der Waals surface area contributed by atoms with E-state index in [9.17, 15) is 19.2 Å². The summed E-state index contributed by atoms with van der Waals surface area (Å²) in [7, 11) is 0. The first-order valence-electron chi connectivity index (χ1n) is 12.6. The maximum atomic E-state index is 12.5. The van der Waals surface area contributed by atoms with Crippen molar-refractivity contribution in [3.8, 4) is 11.5 Å². The summed E-state index contributed by atoms with van der Waals surface area (Å²) in [6.45, 7) is 15.8. The number of ether oxygens (including phenoxy) is 4. The van der Waals surface area contributed by atoms with Crippen LogP contribution in [-0.2, 0) is 35.1 Å². The molecule has 37 heavy (non-hydrogen) atoms. The Morgan fingerprint density at radius 1 is 0.865 bits per heavy atom. The van der Waals surface area contributed by atoms with E-state index >= 15 is 0 Å². The van der Waals surface area contributed by atoms with E-state index in [0.29, 0.717) is 17.9 Å². The van der Waals surface area contributed by atoms with Gasteiger partial charge in [0.2, 0.25) is 0 Å². The fourth-order valence-corrected chi connectivity index (χ4v) is 2.70. The van der Waals surface area contributed by atoms with E-state index in [1.54, 1.807) is 54.5 Å². The lowest BCUT2D eigenvalue weighted by Crippen LogP contribution is -2.37. The SMILES string of the molecule is CC(C)CCC(=O)OC[C@H](C)OC(=O)[C@@H](N)Cc1ccc(OC(=O)C(C)(C)C)c(OC(=O)C(C)(C)C)c1. The van der Waals surface area contributed by atoms with Gasteiger partial charge in [-0.1, -0.05) is 19.9 Å². The van der Waals surface area contributed by atoms with Crippen molar-refractivity contribution in [3.05, 3.63) is 23.8 Å². The van der Waals surface area contributed by atoms with Crippen molar-refractivity contribution in [2.45, 2.75) is 93.7 Å². The second kappa shape index (κ2) is 13.6. The molecule has 0 aromatic heterocycles. The van der Waals surface area contributed by atoms with Gasteiger partial charge in [-0.15, -0.1) is 0 Å². The van der Waals surface area contributed by atoms with Crippen molar-refractivity contribution < 1.29 is 38.1 Å². The summed E-state index contributed by atoms with van der Waals surface area (Å²) in [5.74, 6) is -1.49. The summed E-state index contributed by atoms with van der Waals surface area (Å²) in [4.78, 5) is 49.2. The van der Waals surface area contributed by atoms with Crippen molar-refractivity contribution in [1.29, 1.82) is 0 Å². The summed E-state index contributed by atoms with van der Waals surface area (Å²) in [6.07, 6.45) is 0.442. The fourth-order valence-electron chi connectivity index (χ4n) is 2.70. The second-order valence-electron chi connectivity index (χ2n) is 11.7. The Balaban J connectivity index is 2.89. The first-order valence-corrected chi connectivity index (χ1v) is 12.6. The molecule has 208 valence electrons. The van der Waals surface area contributed by atoms with Gasteiger partial charge in [-0.2, -0.15) is 0 Å². The highest BCUT2D eigenvalue weighted by Gasteiger charge is 2.29. The molecule has 0 aliphatic heterocycles. The molecule has 1 rings (SSSR count). The van der Waals surface area contributed by atoms with Crippen LogP contribution >= 0.6 is 0 Å². The van der Waals surface area contributed by atoms with E-state index in [4.69, 9.17) is 24.7 Å². The van der Waals surface area contributed by atoms with Crippen molar-refractivity contribution in [2.75, 3.05) is 6.61 Å². The normalized spacial score (nSPS) is 13.5. The molecule has 0 amide bonds. The predicted octanol–water partition coefficient (Wildman–Crippen LogP) is 4.37. The van der Waals surface area contributed by atoms with Crippen LogP contribution in [0.5, 0.6) is 11.5 Å². The first-order chi connectivity index (χ1) is 16.9. The van der Waals surface area contributed by atoms with Gasteiger partial charge >= 0.3 is 23.9 Å². The Kier molecular flexibility index (Phi) is 11.8. The molecule has 0 saturated heterocycles. The van der Waals surface area contributed by atoms with E-state index in [1.165, 1.54) is 12.1 Å². The van der Waals surface area contributed by atoms with Crippen LogP contribution in [0, 0.1) is 16.7 Å². The van der Waals surface area contributed by atoms with Gasteiger partial charge in [0.25, 0.3) is 0 Å². The van der Waals surface area contributed by atoms with Gasteiger partial charge in [0.1, 0.15) is 18.8 Å². The van der Waals surface area contributed by atoms with Gasteiger partial charge in [0.15, 0.2) is 11.5 Å². The van der Waals surface area contributed by atoms with Gasteiger partial charge in [-0.05, 0) is 84.9 Å². The molecule has 0 heterocycles. The van der Waals surface area contributed by atoms with Gasteiger partial charge in [0.05, 0.1) is 10.8 Å². The molecule has 0 spiro atoms. The van der Waals surface area contributed by atoms with Crippen molar-refractivity contribution in [1.82, 2.24) is 0 Å². The Morgan fingerprint density at radius 2 is 1.41 bits per heavy atom. The number of nitrogens with two attached hydrogens (primary N) is 1. The van der Waals surface area contributed by atoms with Crippen molar-refractivity contribution in [3.63, 3.8) is 0 Å². The topological polar surface area (TPSA) is 131 Å². The van der Waals surface area contributed by atoms with Crippen molar-refractivity contribution in [2.24, 2.45) is 22.5 Å². The van der Waals surface area contributed by atoms with Crippen LogP contribution < -0.4 is 15.2 Å². The largest absolute Gasteiger partial charge is 0.462 e. The van der Waals surface area contributed by atoms with Crippen LogP contribution in [0.15, 0.2) is 18.2 Å². The number of carbonyl (C=O) groups excluding carboxylic acids is 4. The van der Waals surface area contributed by atoms with Gasteiger partial charge in [0, 0.05) is 6.42 Å².